The van der Waals surface area contributed by atoms with E-state index in [2.05, 4.69) is 26.0 Å². The van der Waals surface area contributed by atoms with Gasteiger partial charge in [0.2, 0.25) is 0 Å². The molecule has 154 valence electrons. The van der Waals surface area contributed by atoms with E-state index in [1.807, 2.05) is 13.0 Å². The van der Waals surface area contributed by atoms with Crippen LogP contribution in [0, 0.1) is 6.92 Å². The lowest BCUT2D eigenvalue weighted by Crippen LogP contribution is -2.51. The van der Waals surface area contributed by atoms with E-state index in [1.165, 1.54) is 0 Å². The van der Waals surface area contributed by atoms with Gasteiger partial charge in [-0.1, -0.05) is 37.6 Å². The van der Waals surface area contributed by atoms with E-state index in [-0.39, 0.29) is 18.4 Å². The third-order valence-corrected chi connectivity index (χ3v) is 5.40. The second kappa shape index (κ2) is 9.31. The van der Waals surface area contributed by atoms with Crippen LogP contribution in [0.5, 0.6) is 5.75 Å². The highest BCUT2D eigenvalue weighted by atomic mass is 35.5. The normalized spacial score (nSPS) is 14.2. The minimum atomic E-state index is -0.0557. The topological polar surface area (TPSA) is 49.9 Å². The van der Waals surface area contributed by atoms with Gasteiger partial charge in [0, 0.05) is 36.8 Å². The molecule has 2 aromatic rings. The van der Waals surface area contributed by atoms with Crippen molar-refractivity contribution < 1.29 is 14.3 Å². The van der Waals surface area contributed by atoms with Crippen LogP contribution in [-0.2, 0) is 4.79 Å². The number of benzene rings is 2. The molecule has 3 rings (SSSR count). The van der Waals surface area contributed by atoms with E-state index >= 15 is 0 Å². The summed E-state index contributed by atoms with van der Waals surface area (Å²) in [6.45, 7) is 8.26. The van der Waals surface area contributed by atoms with Crippen LogP contribution in [0.15, 0.2) is 42.5 Å². The number of aryl methyl sites for hydroxylation is 1. The number of piperazine rings is 1. The van der Waals surface area contributed by atoms with Crippen molar-refractivity contribution >= 4 is 23.4 Å². The van der Waals surface area contributed by atoms with Crippen molar-refractivity contribution in [3.63, 3.8) is 0 Å². The molecule has 0 radical (unpaired) electrons. The van der Waals surface area contributed by atoms with Gasteiger partial charge in [0.25, 0.3) is 11.8 Å². The molecule has 2 amide bonds. The lowest BCUT2D eigenvalue weighted by molar-refractivity contribution is -0.134. The quantitative estimate of drug-likeness (QED) is 0.738. The molecule has 6 heteroatoms. The van der Waals surface area contributed by atoms with Gasteiger partial charge in [0.1, 0.15) is 5.75 Å². The average Bonchev–Trinajstić information content (AvgIpc) is 2.72. The molecule has 1 saturated heterocycles. The number of hydrogen-bond acceptors (Lipinski definition) is 3. The summed E-state index contributed by atoms with van der Waals surface area (Å²) in [5.41, 5.74) is 2.81. The zero-order valence-corrected chi connectivity index (χ0v) is 17.9. The van der Waals surface area contributed by atoms with Gasteiger partial charge in [0.15, 0.2) is 6.61 Å². The molecule has 0 aromatic heterocycles. The van der Waals surface area contributed by atoms with Crippen LogP contribution in [-0.4, -0.2) is 54.4 Å². The number of rotatable bonds is 5. The first-order valence-corrected chi connectivity index (χ1v) is 10.3. The molecule has 0 spiro atoms. The van der Waals surface area contributed by atoms with E-state index in [0.29, 0.717) is 42.7 Å². The molecule has 2 aromatic carbocycles. The molecule has 1 aliphatic heterocycles. The van der Waals surface area contributed by atoms with Crippen LogP contribution in [0.2, 0.25) is 5.02 Å². The van der Waals surface area contributed by atoms with Crippen LogP contribution in [0.25, 0.3) is 0 Å². The predicted octanol–water partition coefficient (Wildman–Crippen LogP) is 4.14. The molecule has 1 heterocycles. The highest BCUT2D eigenvalue weighted by molar-refractivity contribution is 6.30. The first-order valence-electron chi connectivity index (χ1n) is 9.91. The van der Waals surface area contributed by atoms with E-state index in [1.54, 1.807) is 34.1 Å². The minimum Gasteiger partial charge on any atom is -0.483 e. The fourth-order valence-corrected chi connectivity index (χ4v) is 3.53. The summed E-state index contributed by atoms with van der Waals surface area (Å²) in [4.78, 5) is 28.7. The first kappa shape index (κ1) is 21.2. The van der Waals surface area contributed by atoms with Crippen molar-refractivity contribution in [3.8, 4) is 5.75 Å². The predicted molar refractivity (Wildman–Crippen MR) is 115 cm³/mol. The van der Waals surface area contributed by atoms with E-state index < -0.39 is 0 Å². The highest BCUT2D eigenvalue weighted by Gasteiger charge is 2.25. The highest BCUT2D eigenvalue weighted by Crippen LogP contribution is 2.27. The Morgan fingerprint density at radius 3 is 2.24 bits per heavy atom. The maximum absolute atomic E-state index is 12.6. The number of halogens is 1. The van der Waals surface area contributed by atoms with Gasteiger partial charge in [0.05, 0.1) is 0 Å². The second-order valence-electron chi connectivity index (χ2n) is 7.66. The zero-order valence-electron chi connectivity index (χ0n) is 17.2. The molecule has 29 heavy (non-hydrogen) atoms. The lowest BCUT2D eigenvalue weighted by Gasteiger charge is -2.34. The van der Waals surface area contributed by atoms with Crippen LogP contribution in [0.4, 0.5) is 0 Å². The Morgan fingerprint density at radius 1 is 1.00 bits per heavy atom. The van der Waals surface area contributed by atoms with Crippen molar-refractivity contribution in [1.82, 2.24) is 9.80 Å². The Hall–Kier alpha value is -2.53. The molecule has 0 atom stereocenters. The Kier molecular flexibility index (Phi) is 6.80. The molecular formula is C23H27ClN2O3. The minimum absolute atomic E-state index is 0.00824. The van der Waals surface area contributed by atoms with Crippen LogP contribution in [0.1, 0.15) is 41.3 Å². The summed E-state index contributed by atoms with van der Waals surface area (Å²) in [5, 5.41) is 0.603. The van der Waals surface area contributed by atoms with E-state index in [0.717, 1.165) is 16.9 Å². The Bertz CT molecular complexity index is 872. The van der Waals surface area contributed by atoms with Gasteiger partial charge in [-0.05, 0) is 54.3 Å². The molecule has 0 N–H and O–H groups in total. The largest absolute Gasteiger partial charge is 0.483 e. The van der Waals surface area contributed by atoms with Gasteiger partial charge in [-0.3, -0.25) is 9.59 Å². The van der Waals surface area contributed by atoms with Crippen molar-refractivity contribution in [2.45, 2.75) is 26.7 Å². The Labute approximate surface area is 177 Å². The van der Waals surface area contributed by atoms with Crippen molar-refractivity contribution in [2.75, 3.05) is 32.8 Å². The summed E-state index contributed by atoms with van der Waals surface area (Å²) in [6, 6.07) is 13.0. The summed E-state index contributed by atoms with van der Waals surface area (Å²) in [5.74, 6) is 0.999. The smallest absolute Gasteiger partial charge is 0.260 e. The van der Waals surface area contributed by atoms with Gasteiger partial charge in [-0.25, -0.2) is 0 Å². The third kappa shape index (κ3) is 5.30. The molecule has 1 fully saturated rings. The summed E-state index contributed by atoms with van der Waals surface area (Å²) in [6.07, 6.45) is 0. The van der Waals surface area contributed by atoms with Crippen molar-refractivity contribution in [3.05, 3.63) is 64.2 Å². The van der Waals surface area contributed by atoms with Crippen LogP contribution < -0.4 is 4.74 Å². The summed E-state index contributed by atoms with van der Waals surface area (Å²) < 4.78 is 5.86. The summed E-state index contributed by atoms with van der Waals surface area (Å²) in [7, 11) is 0. The van der Waals surface area contributed by atoms with Gasteiger partial charge in [-0.15, -0.1) is 0 Å². The van der Waals surface area contributed by atoms with Crippen LogP contribution in [0.3, 0.4) is 0 Å². The fraction of sp³-hybridized carbons (Fsp3) is 0.391. The SMILES string of the molecule is Cc1ccc(C(C)C)c(OCC(=O)N2CCN(C(=O)c3ccc(Cl)cc3)CC2)c1. The fourth-order valence-electron chi connectivity index (χ4n) is 3.41. The maximum atomic E-state index is 12.6. The van der Waals surface area contributed by atoms with Gasteiger partial charge < -0.3 is 14.5 Å². The molecule has 0 bridgehead atoms. The van der Waals surface area contributed by atoms with Gasteiger partial charge >= 0.3 is 0 Å². The average molecular weight is 415 g/mol. The van der Waals surface area contributed by atoms with Crippen molar-refractivity contribution in [2.24, 2.45) is 0 Å². The third-order valence-electron chi connectivity index (χ3n) is 5.15. The molecule has 1 aliphatic rings. The molecule has 0 unspecified atom stereocenters. The standard InChI is InChI=1S/C23H27ClN2O3/c1-16(2)20-9-4-17(3)14-21(20)29-15-22(27)25-10-12-26(13-11-25)23(28)18-5-7-19(24)8-6-18/h4-9,14,16H,10-13,15H2,1-3H3. The zero-order chi connectivity index (χ0) is 21.0. The lowest BCUT2D eigenvalue weighted by atomic mass is 10.0. The maximum Gasteiger partial charge on any atom is 0.260 e. The number of carbonyl (C=O) groups is 2. The van der Waals surface area contributed by atoms with Gasteiger partial charge in [-0.2, -0.15) is 0 Å². The van der Waals surface area contributed by atoms with E-state index in [9.17, 15) is 9.59 Å². The number of amides is 2. The van der Waals surface area contributed by atoms with Crippen LogP contribution >= 0.6 is 11.6 Å². The molecule has 0 saturated carbocycles. The Morgan fingerprint density at radius 2 is 1.62 bits per heavy atom. The number of carbonyl (C=O) groups excluding carboxylic acids is 2. The Balaban J connectivity index is 1.53. The number of nitrogens with zero attached hydrogens (tertiary/aromatic N) is 2. The number of hydrogen-bond donors (Lipinski definition) is 0. The summed E-state index contributed by atoms with van der Waals surface area (Å²) >= 11 is 5.88. The monoisotopic (exact) mass is 414 g/mol. The first-order chi connectivity index (χ1) is 13.8. The van der Waals surface area contributed by atoms with Crippen molar-refractivity contribution in [1.29, 1.82) is 0 Å². The molecular weight excluding hydrogens is 388 g/mol. The second-order valence-corrected chi connectivity index (χ2v) is 8.10. The molecule has 0 aliphatic carbocycles. The van der Waals surface area contributed by atoms with E-state index in [4.69, 9.17) is 16.3 Å². The molecule has 5 nitrogen and oxygen atoms in total. The number of ether oxygens (including phenoxy) is 1.